The molecule has 2 aromatic carbocycles. The third kappa shape index (κ3) is 17.3. The van der Waals surface area contributed by atoms with Gasteiger partial charge in [0.1, 0.15) is 23.6 Å². The van der Waals surface area contributed by atoms with E-state index in [4.69, 9.17) is 19.7 Å². The maximum Gasteiger partial charge on any atom is 0.326 e. The van der Waals surface area contributed by atoms with Gasteiger partial charge in [-0.3, -0.25) is 19.2 Å². The third-order valence-corrected chi connectivity index (χ3v) is 7.81. The summed E-state index contributed by atoms with van der Waals surface area (Å²) in [5.74, 6) is -4.82. The van der Waals surface area contributed by atoms with Crippen LogP contribution in [0.4, 0.5) is 0 Å². The van der Waals surface area contributed by atoms with Crippen molar-refractivity contribution < 1.29 is 58.7 Å². The molecule has 0 saturated carbocycles. The Morgan fingerprint density at radius 2 is 0.780 bits per heavy atom. The molecule has 2 rings (SSSR count). The average Bonchev–Trinajstić information content (AvgIpc) is 3.08. The molecule has 0 bridgehead atoms. The molecule has 0 heterocycles. The zero-order valence-electron chi connectivity index (χ0n) is 28.1. The minimum Gasteiger partial charge on any atom is -0.494 e. The first-order valence-electron chi connectivity index (χ1n) is 16.9. The van der Waals surface area contributed by atoms with Crippen LogP contribution in [0.3, 0.4) is 0 Å². The molecular formula is C36H48N2O12. The van der Waals surface area contributed by atoms with Crippen LogP contribution in [-0.2, 0) is 19.2 Å². The van der Waals surface area contributed by atoms with Gasteiger partial charge in [0.25, 0.3) is 11.8 Å². The molecule has 0 aliphatic rings. The van der Waals surface area contributed by atoms with E-state index in [2.05, 4.69) is 10.6 Å². The number of benzene rings is 2. The smallest absolute Gasteiger partial charge is 0.326 e. The highest BCUT2D eigenvalue weighted by atomic mass is 16.5. The molecule has 14 nitrogen and oxygen atoms in total. The van der Waals surface area contributed by atoms with Crippen molar-refractivity contribution in [2.75, 3.05) is 13.2 Å². The summed E-state index contributed by atoms with van der Waals surface area (Å²) in [6.45, 7) is 1.10. The lowest BCUT2D eigenvalue weighted by Crippen LogP contribution is -2.41. The van der Waals surface area contributed by atoms with Crippen LogP contribution >= 0.6 is 0 Å². The second kappa shape index (κ2) is 23.3. The second-order valence-electron chi connectivity index (χ2n) is 11.9. The van der Waals surface area contributed by atoms with E-state index in [9.17, 15) is 39.0 Å². The van der Waals surface area contributed by atoms with E-state index in [0.717, 1.165) is 51.4 Å². The predicted octanol–water partition coefficient (Wildman–Crippen LogP) is 5.14. The molecule has 274 valence electrons. The highest BCUT2D eigenvalue weighted by Gasteiger charge is 2.22. The number of ether oxygens (including phenoxy) is 2. The summed E-state index contributed by atoms with van der Waals surface area (Å²) >= 11 is 0. The summed E-state index contributed by atoms with van der Waals surface area (Å²) in [7, 11) is 0. The minimum atomic E-state index is -1.29. The monoisotopic (exact) mass is 700 g/mol. The van der Waals surface area contributed by atoms with Crippen LogP contribution in [0.15, 0.2) is 48.5 Å². The lowest BCUT2D eigenvalue weighted by atomic mass is 10.1. The van der Waals surface area contributed by atoms with E-state index in [-0.39, 0.29) is 36.8 Å². The number of carboxylic acid groups (broad SMARTS) is 4. The van der Waals surface area contributed by atoms with Gasteiger partial charge in [-0.25, -0.2) is 9.59 Å². The molecule has 0 aliphatic heterocycles. The van der Waals surface area contributed by atoms with Crippen molar-refractivity contribution in [2.45, 2.75) is 102 Å². The molecule has 6 N–H and O–H groups in total. The number of rotatable bonds is 27. The molecule has 2 amide bonds. The third-order valence-electron chi connectivity index (χ3n) is 7.81. The van der Waals surface area contributed by atoms with Gasteiger partial charge >= 0.3 is 23.9 Å². The molecule has 0 saturated heterocycles. The molecule has 50 heavy (non-hydrogen) atoms. The number of aliphatic carboxylic acids is 4. The summed E-state index contributed by atoms with van der Waals surface area (Å²) in [4.78, 5) is 68.6. The number of nitrogens with one attached hydrogen (secondary N) is 2. The van der Waals surface area contributed by atoms with Gasteiger partial charge in [-0.05, 0) is 74.2 Å². The molecule has 0 aliphatic carbocycles. The SMILES string of the molecule is O=C(O)CC[C@H](NC(=O)c1ccc(OCCCCCCCCCCCCOc2ccc(C(=O)N[C@@H](CCC(=O)O)C(=O)O)cc2)cc1)C(=O)O. The van der Waals surface area contributed by atoms with Crippen LogP contribution in [0.2, 0.25) is 0 Å². The first-order valence-corrected chi connectivity index (χ1v) is 16.9. The predicted molar refractivity (Wildman–Crippen MR) is 182 cm³/mol. The molecule has 0 fully saturated rings. The Bertz CT molecular complexity index is 1270. The zero-order valence-corrected chi connectivity index (χ0v) is 28.1. The normalized spacial score (nSPS) is 11.9. The summed E-state index contributed by atoms with van der Waals surface area (Å²) in [6, 6.07) is 10.2. The van der Waals surface area contributed by atoms with Crippen LogP contribution < -0.4 is 20.1 Å². The number of carbonyl (C=O) groups excluding carboxylic acids is 2. The highest BCUT2D eigenvalue weighted by Crippen LogP contribution is 2.16. The van der Waals surface area contributed by atoms with Gasteiger partial charge in [-0.1, -0.05) is 51.4 Å². The maximum absolute atomic E-state index is 12.3. The lowest BCUT2D eigenvalue weighted by Gasteiger charge is -2.14. The zero-order chi connectivity index (χ0) is 36.7. The summed E-state index contributed by atoms with van der Waals surface area (Å²) in [5, 5.41) is 40.6. The molecular weight excluding hydrogens is 652 g/mol. The fraction of sp³-hybridized carbons (Fsp3) is 0.500. The number of carbonyl (C=O) groups is 6. The standard InChI is InChI=1S/C36H48N2O12/c39-31(40)21-19-29(35(45)46)37-33(43)25-11-15-27(16-12-25)49-23-9-7-5-3-1-2-4-6-8-10-24-50-28-17-13-26(14-18-28)34(44)38-30(36(47)48)20-22-32(41)42/h11-18,29-30H,1-10,19-24H2,(H,37,43)(H,38,44)(H,39,40)(H,41,42)(H,45,46)(H,47,48)/t29-,30-/m0/s1. The van der Waals surface area contributed by atoms with Crippen molar-refractivity contribution in [3.8, 4) is 11.5 Å². The number of hydrogen-bond donors (Lipinski definition) is 6. The van der Waals surface area contributed by atoms with Crippen molar-refractivity contribution in [1.29, 1.82) is 0 Å². The molecule has 2 atom stereocenters. The van der Waals surface area contributed by atoms with Gasteiger partial charge in [0.15, 0.2) is 0 Å². The van der Waals surface area contributed by atoms with Crippen molar-refractivity contribution in [1.82, 2.24) is 10.6 Å². The van der Waals surface area contributed by atoms with Gasteiger partial charge < -0.3 is 40.5 Å². The van der Waals surface area contributed by atoms with Crippen LogP contribution in [0.25, 0.3) is 0 Å². The molecule has 14 heteroatoms. The summed E-state index contributed by atoms with van der Waals surface area (Å²) in [5.41, 5.74) is 0.515. The van der Waals surface area contributed by atoms with E-state index in [1.807, 2.05) is 0 Å². The highest BCUT2D eigenvalue weighted by molar-refractivity contribution is 5.97. The van der Waals surface area contributed by atoms with Gasteiger partial charge in [0.2, 0.25) is 0 Å². The van der Waals surface area contributed by atoms with Crippen molar-refractivity contribution >= 4 is 35.7 Å². The molecule has 0 spiro atoms. The van der Waals surface area contributed by atoms with Gasteiger partial charge in [-0.2, -0.15) is 0 Å². The Morgan fingerprint density at radius 3 is 1.06 bits per heavy atom. The van der Waals surface area contributed by atoms with Gasteiger partial charge in [-0.15, -0.1) is 0 Å². The number of carboxylic acids is 4. The van der Waals surface area contributed by atoms with E-state index in [1.54, 1.807) is 24.3 Å². The van der Waals surface area contributed by atoms with Crippen molar-refractivity contribution in [2.24, 2.45) is 0 Å². The van der Waals surface area contributed by atoms with Crippen LogP contribution in [0, 0.1) is 0 Å². The summed E-state index contributed by atoms with van der Waals surface area (Å²) < 4.78 is 11.5. The fourth-order valence-electron chi connectivity index (χ4n) is 4.94. The fourth-order valence-corrected chi connectivity index (χ4v) is 4.94. The Morgan fingerprint density at radius 1 is 0.480 bits per heavy atom. The molecule has 0 radical (unpaired) electrons. The quantitative estimate of drug-likeness (QED) is 0.0666. The van der Waals surface area contributed by atoms with E-state index in [0.29, 0.717) is 24.7 Å². The van der Waals surface area contributed by atoms with Gasteiger partial charge in [0, 0.05) is 24.0 Å². The Hall–Kier alpha value is -5.14. The molecule has 2 aromatic rings. The molecule has 0 aromatic heterocycles. The van der Waals surface area contributed by atoms with Crippen LogP contribution in [-0.4, -0.2) is 81.4 Å². The van der Waals surface area contributed by atoms with Crippen LogP contribution in [0.5, 0.6) is 11.5 Å². The first kappa shape index (κ1) is 41.0. The first-order chi connectivity index (χ1) is 24.0. The second-order valence-corrected chi connectivity index (χ2v) is 11.9. The van der Waals surface area contributed by atoms with Crippen LogP contribution in [0.1, 0.15) is 111 Å². The van der Waals surface area contributed by atoms with Crippen molar-refractivity contribution in [3.05, 3.63) is 59.7 Å². The van der Waals surface area contributed by atoms with E-state index < -0.39 is 47.8 Å². The Kier molecular flexibility index (Phi) is 19.1. The number of hydrogen-bond acceptors (Lipinski definition) is 8. The largest absolute Gasteiger partial charge is 0.494 e. The lowest BCUT2D eigenvalue weighted by molar-refractivity contribution is -0.142. The summed E-state index contributed by atoms with van der Waals surface area (Å²) in [6.07, 6.45) is 9.67. The van der Waals surface area contributed by atoms with E-state index >= 15 is 0 Å². The number of amides is 2. The van der Waals surface area contributed by atoms with Gasteiger partial charge in [0.05, 0.1) is 13.2 Å². The van der Waals surface area contributed by atoms with Crippen molar-refractivity contribution in [3.63, 3.8) is 0 Å². The Balaban J connectivity index is 1.47. The molecule has 0 unspecified atom stereocenters. The maximum atomic E-state index is 12.3. The van der Waals surface area contributed by atoms with E-state index in [1.165, 1.54) is 37.1 Å². The Labute approximate surface area is 291 Å². The number of unbranched alkanes of at least 4 members (excludes halogenated alkanes) is 9. The topological polar surface area (TPSA) is 226 Å². The minimum absolute atomic E-state index is 0.205. The average molecular weight is 701 g/mol.